The molecule has 5 rings (SSSR count). The Morgan fingerprint density at radius 2 is 1.96 bits per heavy atom. The average molecular weight is 364 g/mol. The molecule has 2 aromatic heterocycles. The Morgan fingerprint density at radius 1 is 1.07 bits per heavy atom. The van der Waals surface area contributed by atoms with E-state index in [1.54, 1.807) is 0 Å². The van der Waals surface area contributed by atoms with Crippen LogP contribution in [0.2, 0.25) is 0 Å². The maximum atomic E-state index is 13.0. The lowest BCUT2D eigenvalue weighted by Gasteiger charge is -2.21. The molecule has 1 N–H and O–H groups in total. The molecule has 1 saturated heterocycles. The molecule has 0 bridgehead atoms. The first kappa shape index (κ1) is 16.6. The van der Waals surface area contributed by atoms with Crippen LogP contribution >= 0.6 is 0 Å². The molecule has 6 heteroatoms. The Bertz CT molecular complexity index is 1070. The summed E-state index contributed by atoms with van der Waals surface area (Å²) in [5.41, 5.74) is 3.22. The van der Waals surface area contributed by atoms with Crippen molar-refractivity contribution in [3.05, 3.63) is 52.4 Å². The molecule has 3 heterocycles. The standard InChI is InChI=1S/C21H24N4O2/c26-20(23-10-2-8-22-9-12-23)16-6-7-17-19(13-16)25(14-15-4-5-15)21(27)18-3-1-11-24(17)18/h1,3,6-7,11,13,15,22H,2,4-5,8-10,12,14H2. The lowest BCUT2D eigenvalue weighted by molar-refractivity contribution is 0.0766. The first-order valence-corrected chi connectivity index (χ1v) is 9.86. The highest BCUT2D eigenvalue weighted by molar-refractivity contribution is 5.97. The van der Waals surface area contributed by atoms with Gasteiger partial charge in [-0.15, -0.1) is 0 Å². The first-order chi connectivity index (χ1) is 13.2. The van der Waals surface area contributed by atoms with Crippen molar-refractivity contribution in [1.29, 1.82) is 0 Å². The molecular weight excluding hydrogens is 340 g/mol. The van der Waals surface area contributed by atoms with Gasteiger partial charge in [0.25, 0.3) is 11.5 Å². The van der Waals surface area contributed by atoms with Crippen molar-refractivity contribution in [3.8, 4) is 0 Å². The summed E-state index contributed by atoms with van der Waals surface area (Å²) in [4.78, 5) is 28.0. The maximum Gasteiger partial charge on any atom is 0.275 e. The number of hydrogen-bond acceptors (Lipinski definition) is 3. The van der Waals surface area contributed by atoms with E-state index in [1.165, 1.54) is 12.8 Å². The maximum absolute atomic E-state index is 13.0. The Labute approximate surface area is 157 Å². The van der Waals surface area contributed by atoms with Crippen LogP contribution in [0.4, 0.5) is 0 Å². The second-order valence-corrected chi connectivity index (χ2v) is 7.72. The molecule has 6 nitrogen and oxygen atoms in total. The molecule has 0 radical (unpaired) electrons. The molecule has 1 saturated carbocycles. The summed E-state index contributed by atoms with van der Waals surface area (Å²) in [6.45, 7) is 4.02. The van der Waals surface area contributed by atoms with Gasteiger partial charge in [0.1, 0.15) is 5.52 Å². The van der Waals surface area contributed by atoms with Crippen LogP contribution < -0.4 is 10.9 Å². The normalized spacial score (nSPS) is 18.1. The van der Waals surface area contributed by atoms with Crippen LogP contribution in [0.1, 0.15) is 29.6 Å². The minimum absolute atomic E-state index is 0.0305. The van der Waals surface area contributed by atoms with Gasteiger partial charge in [0.15, 0.2) is 0 Å². The van der Waals surface area contributed by atoms with Gasteiger partial charge in [-0.1, -0.05) is 0 Å². The van der Waals surface area contributed by atoms with Gasteiger partial charge in [0.05, 0.1) is 11.0 Å². The number of nitrogens with zero attached hydrogens (tertiary/aromatic N) is 3. The summed E-state index contributed by atoms with van der Waals surface area (Å²) in [5.74, 6) is 0.637. The predicted molar refractivity (Wildman–Crippen MR) is 105 cm³/mol. The number of hydrogen-bond donors (Lipinski definition) is 1. The van der Waals surface area contributed by atoms with Gasteiger partial charge >= 0.3 is 0 Å². The fourth-order valence-electron chi connectivity index (χ4n) is 4.06. The molecule has 2 fully saturated rings. The quantitative estimate of drug-likeness (QED) is 0.774. The van der Waals surface area contributed by atoms with Crippen molar-refractivity contribution in [2.45, 2.75) is 25.8 Å². The lowest BCUT2D eigenvalue weighted by atomic mass is 10.1. The monoisotopic (exact) mass is 364 g/mol. The van der Waals surface area contributed by atoms with E-state index in [9.17, 15) is 9.59 Å². The summed E-state index contributed by atoms with van der Waals surface area (Å²) in [6.07, 6.45) is 5.25. The Morgan fingerprint density at radius 3 is 2.81 bits per heavy atom. The van der Waals surface area contributed by atoms with Crippen molar-refractivity contribution >= 4 is 22.5 Å². The minimum atomic E-state index is 0.0305. The Balaban J connectivity index is 1.64. The first-order valence-electron chi connectivity index (χ1n) is 9.86. The molecule has 3 aromatic rings. The van der Waals surface area contributed by atoms with Crippen LogP contribution in [-0.4, -0.2) is 46.0 Å². The van der Waals surface area contributed by atoms with E-state index in [0.717, 1.165) is 50.2 Å². The fourth-order valence-corrected chi connectivity index (χ4v) is 4.06. The van der Waals surface area contributed by atoms with E-state index < -0.39 is 0 Å². The molecule has 1 aromatic carbocycles. The number of rotatable bonds is 3. The fraction of sp³-hybridized carbons (Fsp3) is 0.429. The van der Waals surface area contributed by atoms with Gasteiger partial charge in [-0.05, 0) is 62.1 Å². The van der Waals surface area contributed by atoms with Gasteiger partial charge in [-0.2, -0.15) is 0 Å². The topological polar surface area (TPSA) is 58.8 Å². The molecule has 1 amide bonds. The van der Waals surface area contributed by atoms with Crippen LogP contribution in [-0.2, 0) is 6.54 Å². The van der Waals surface area contributed by atoms with Gasteiger partial charge in [0.2, 0.25) is 0 Å². The Hall–Kier alpha value is -2.60. The SMILES string of the molecule is O=C(c1ccc2c(c1)n(CC1CC1)c(=O)c1cccn12)N1CCCNCC1. The van der Waals surface area contributed by atoms with Crippen molar-refractivity contribution in [3.63, 3.8) is 0 Å². The van der Waals surface area contributed by atoms with Gasteiger partial charge in [0, 0.05) is 37.9 Å². The zero-order valence-electron chi connectivity index (χ0n) is 15.4. The van der Waals surface area contributed by atoms with E-state index in [4.69, 9.17) is 0 Å². The average Bonchev–Trinajstić information content (AvgIpc) is 3.44. The van der Waals surface area contributed by atoms with Gasteiger partial charge < -0.3 is 19.2 Å². The molecule has 2 aliphatic rings. The number of nitrogens with one attached hydrogen (secondary N) is 1. The summed E-state index contributed by atoms with van der Waals surface area (Å²) in [5, 5.41) is 3.33. The molecule has 0 spiro atoms. The Kier molecular flexibility index (Phi) is 4.01. The van der Waals surface area contributed by atoms with E-state index in [2.05, 4.69) is 5.32 Å². The molecule has 1 aliphatic carbocycles. The largest absolute Gasteiger partial charge is 0.337 e. The van der Waals surface area contributed by atoms with E-state index in [1.807, 2.05) is 50.4 Å². The highest BCUT2D eigenvalue weighted by Gasteiger charge is 2.25. The minimum Gasteiger partial charge on any atom is -0.337 e. The number of fused-ring (bicyclic) bond motifs is 3. The number of aromatic nitrogens is 2. The summed E-state index contributed by atoms with van der Waals surface area (Å²) in [6, 6.07) is 9.57. The smallest absolute Gasteiger partial charge is 0.275 e. The van der Waals surface area contributed by atoms with Crippen LogP contribution in [0.25, 0.3) is 16.6 Å². The highest BCUT2D eigenvalue weighted by atomic mass is 16.2. The third-order valence-electron chi connectivity index (χ3n) is 5.75. The van der Waals surface area contributed by atoms with Crippen molar-refractivity contribution in [1.82, 2.24) is 19.2 Å². The van der Waals surface area contributed by atoms with Crippen LogP contribution in [0.5, 0.6) is 0 Å². The number of amides is 1. The highest BCUT2D eigenvalue weighted by Crippen LogP contribution is 2.31. The zero-order valence-corrected chi connectivity index (χ0v) is 15.4. The number of carbonyl (C=O) groups excluding carboxylic acids is 1. The van der Waals surface area contributed by atoms with E-state index in [0.29, 0.717) is 17.0 Å². The second-order valence-electron chi connectivity index (χ2n) is 7.72. The van der Waals surface area contributed by atoms with Gasteiger partial charge in [-0.3, -0.25) is 9.59 Å². The lowest BCUT2D eigenvalue weighted by Crippen LogP contribution is -2.34. The van der Waals surface area contributed by atoms with E-state index >= 15 is 0 Å². The third kappa shape index (κ3) is 2.94. The molecular formula is C21H24N4O2. The predicted octanol–water partition coefficient (Wildman–Crippen LogP) is 2.10. The molecule has 0 atom stereocenters. The van der Waals surface area contributed by atoms with Gasteiger partial charge in [-0.25, -0.2) is 0 Å². The zero-order chi connectivity index (χ0) is 18.4. The van der Waals surface area contributed by atoms with Crippen molar-refractivity contribution < 1.29 is 4.79 Å². The molecule has 0 unspecified atom stereocenters. The van der Waals surface area contributed by atoms with Crippen molar-refractivity contribution in [2.24, 2.45) is 5.92 Å². The number of carbonyl (C=O) groups is 1. The molecule has 140 valence electrons. The van der Waals surface area contributed by atoms with Crippen LogP contribution in [0.3, 0.4) is 0 Å². The third-order valence-corrected chi connectivity index (χ3v) is 5.75. The second kappa shape index (κ2) is 6.53. The summed E-state index contributed by atoms with van der Waals surface area (Å²) in [7, 11) is 0. The summed E-state index contributed by atoms with van der Waals surface area (Å²) >= 11 is 0. The summed E-state index contributed by atoms with van der Waals surface area (Å²) < 4.78 is 3.81. The van der Waals surface area contributed by atoms with Crippen LogP contribution in [0.15, 0.2) is 41.3 Å². The molecule has 27 heavy (non-hydrogen) atoms. The molecule has 1 aliphatic heterocycles. The van der Waals surface area contributed by atoms with Crippen molar-refractivity contribution in [2.75, 3.05) is 26.2 Å². The van der Waals surface area contributed by atoms with Crippen LogP contribution in [0, 0.1) is 5.92 Å². The van der Waals surface area contributed by atoms with E-state index in [-0.39, 0.29) is 11.5 Å². The number of benzene rings is 1.